The average molecular weight is 639 g/mol. The van der Waals surface area contributed by atoms with E-state index in [2.05, 4.69) is 45.7 Å². The zero-order valence-electron chi connectivity index (χ0n) is 20.6. The molecule has 0 saturated carbocycles. The van der Waals surface area contributed by atoms with Gasteiger partial charge in [-0.15, -0.1) is 0 Å². The van der Waals surface area contributed by atoms with E-state index in [9.17, 15) is 33.1 Å². The number of rotatable bonds is 11. The standard InChI is InChI=1S/C18H24N7O13P3/c19-16-12(2-1-7-21-17(26)11-3-5-14(24-20)22-8-11)9-25(18(27)23-16)15-6-4-13(36-15)10-35-40(31,32)38-41(33,34)37-39(28,29)30/h3,5,8-9,13,15H,4,6-7,10,20H2,(H,21,26)(H,22,24)(H,31,32)(H,33,34)(H2,19,23,27)(H2,28,29,30)/t13-,15+/m0/s1. The van der Waals surface area contributed by atoms with Crippen LogP contribution in [0.15, 0.2) is 29.3 Å². The van der Waals surface area contributed by atoms with Crippen molar-refractivity contribution in [1.29, 1.82) is 0 Å². The lowest BCUT2D eigenvalue weighted by Gasteiger charge is -2.19. The number of nitrogens with one attached hydrogen (secondary N) is 2. The molecule has 1 saturated heterocycles. The molecule has 41 heavy (non-hydrogen) atoms. The second-order valence-electron chi connectivity index (χ2n) is 7.97. The summed E-state index contributed by atoms with van der Waals surface area (Å²) in [5.74, 6) is 10.3. The molecule has 0 radical (unpaired) electrons. The Kier molecular flexibility index (Phi) is 10.6. The van der Waals surface area contributed by atoms with E-state index in [1.807, 2.05) is 0 Å². The van der Waals surface area contributed by atoms with Crippen molar-refractivity contribution in [3.8, 4) is 11.8 Å². The summed E-state index contributed by atoms with van der Waals surface area (Å²) < 4.78 is 52.5. The first kappa shape index (κ1) is 32.5. The Balaban J connectivity index is 1.58. The molecule has 1 fully saturated rings. The lowest BCUT2D eigenvalue weighted by Crippen LogP contribution is -2.29. The quantitative estimate of drug-likeness (QED) is 0.0652. The minimum Gasteiger partial charge on any atom is -0.382 e. The van der Waals surface area contributed by atoms with E-state index in [0.29, 0.717) is 5.82 Å². The molecule has 2 aromatic rings. The largest absolute Gasteiger partial charge is 0.490 e. The van der Waals surface area contributed by atoms with Gasteiger partial charge in [0.25, 0.3) is 5.91 Å². The molecule has 1 aliphatic heterocycles. The number of ether oxygens (including phenoxy) is 1. The van der Waals surface area contributed by atoms with E-state index in [1.54, 1.807) is 0 Å². The maximum atomic E-state index is 12.4. The van der Waals surface area contributed by atoms with Gasteiger partial charge < -0.3 is 40.8 Å². The molecule has 3 rings (SSSR count). The summed E-state index contributed by atoms with van der Waals surface area (Å²) in [4.78, 5) is 68.1. The minimum absolute atomic E-state index is 0.0864. The van der Waals surface area contributed by atoms with E-state index in [4.69, 9.17) is 26.1 Å². The van der Waals surface area contributed by atoms with Gasteiger partial charge in [0, 0.05) is 12.4 Å². The van der Waals surface area contributed by atoms with E-state index in [1.165, 1.54) is 24.5 Å². The summed E-state index contributed by atoms with van der Waals surface area (Å²) in [7, 11) is -16.5. The molecular formula is C18H24N7O13P3. The number of carbonyl (C=O) groups excluding carboxylic acids is 1. The van der Waals surface area contributed by atoms with Crippen LogP contribution in [0.25, 0.3) is 0 Å². The topological polar surface area (TPSA) is 310 Å². The van der Waals surface area contributed by atoms with Crippen LogP contribution < -0.4 is 28.0 Å². The van der Waals surface area contributed by atoms with Crippen LogP contribution >= 0.6 is 23.5 Å². The highest BCUT2D eigenvalue weighted by molar-refractivity contribution is 7.66. The number of anilines is 2. The van der Waals surface area contributed by atoms with Crippen molar-refractivity contribution in [3.05, 3.63) is 46.1 Å². The smallest absolute Gasteiger partial charge is 0.382 e. The van der Waals surface area contributed by atoms with Crippen LogP contribution in [0.1, 0.15) is 35.0 Å². The van der Waals surface area contributed by atoms with Crippen molar-refractivity contribution in [2.45, 2.75) is 25.2 Å². The Hall–Kier alpha value is -3.01. The van der Waals surface area contributed by atoms with Crippen LogP contribution in [0.4, 0.5) is 11.6 Å². The molecule has 1 aliphatic rings. The van der Waals surface area contributed by atoms with E-state index in [0.717, 1.165) is 4.57 Å². The Morgan fingerprint density at radius 2 is 1.90 bits per heavy atom. The maximum Gasteiger partial charge on any atom is 0.490 e. The lowest BCUT2D eigenvalue weighted by molar-refractivity contribution is -0.0242. The highest BCUT2D eigenvalue weighted by Crippen LogP contribution is 2.66. The molecule has 0 aromatic carbocycles. The van der Waals surface area contributed by atoms with Crippen LogP contribution in [0.3, 0.4) is 0 Å². The van der Waals surface area contributed by atoms with Gasteiger partial charge in [0.15, 0.2) is 0 Å². The van der Waals surface area contributed by atoms with Gasteiger partial charge in [0.2, 0.25) is 0 Å². The number of nitrogens with two attached hydrogens (primary N) is 2. The van der Waals surface area contributed by atoms with Crippen LogP contribution in [-0.2, 0) is 31.6 Å². The fourth-order valence-electron chi connectivity index (χ4n) is 3.26. The highest BCUT2D eigenvalue weighted by atomic mass is 31.3. The van der Waals surface area contributed by atoms with E-state index >= 15 is 0 Å². The molecule has 2 aromatic heterocycles. The first-order chi connectivity index (χ1) is 19.1. The zero-order chi connectivity index (χ0) is 30.4. The summed E-state index contributed by atoms with van der Waals surface area (Å²) in [5, 5.41) is 2.56. The van der Waals surface area contributed by atoms with E-state index < -0.39 is 54.0 Å². The van der Waals surface area contributed by atoms with Gasteiger partial charge in [-0.05, 0) is 25.0 Å². The van der Waals surface area contributed by atoms with E-state index in [-0.39, 0.29) is 36.3 Å². The van der Waals surface area contributed by atoms with Gasteiger partial charge >= 0.3 is 29.2 Å². The molecule has 1 amide bonds. The number of hydrazine groups is 1. The summed E-state index contributed by atoms with van der Waals surface area (Å²) in [6, 6.07) is 3.01. The molecule has 3 heterocycles. The Morgan fingerprint density at radius 3 is 2.54 bits per heavy atom. The summed E-state index contributed by atoms with van der Waals surface area (Å²) >= 11 is 0. The number of amides is 1. The fraction of sp³-hybridized carbons (Fsp3) is 0.333. The third kappa shape index (κ3) is 10.1. The van der Waals surface area contributed by atoms with Gasteiger partial charge in [-0.2, -0.15) is 13.6 Å². The van der Waals surface area contributed by atoms with Gasteiger partial charge in [0.1, 0.15) is 17.9 Å². The number of hydrogen-bond acceptors (Lipinski definition) is 14. The summed E-state index contributed by atoms with van der Waals surface area (Å²) in [6.07, 6.45) is 1.13. The van der Waals surface area contributed by atoms with Crippen LogP contribution in [0.5, 0.6) is 0 Å². The molecule has 0 bridgehead atoms. The molecule has 2 unspecified atom stereocenters. The van der Waals surface area contributed by atoms with Gasteiger partial charge in [-0.1, -0.05) is 11.8 Å². The van der Waals surface area contributed by atoms with Crippen molar-refractivity contribution >= 4 is 41.0 Å². The van der Waals surface area contributed by atoms with Gasteiger partial charge in [-0.25, -0.2) is 29.3 Å². The maximum absolute atomic E-state index is 12.4. The van der Waals surface area contributed by atoms with Crippen LogP contribution in [0, 0.1) is 11.8 Å². The number of phosphoric acid groups is 3. The molecule has 4 atom stereocenters. The van der Waals surface area contributed by atoms with Crippen LogP contribution in [-0.4, -0.2) is 59.3 Å². The molecular weight excluding hydrogens is 615 g/mol. The number of carbonyl (C=O) groups is 1. The van der Waals surface area contributed by atoms with Gasteiger partial charge in [0.05, 0.1) is 30.4 Å². The predicted octanol–water partition coefficient (Wildman–Crippen LogP) is -0.692. The fourth-order valence-corrected chi connectivity index (χ4v) is 6.31. The SMILES string of the molecule is NNc1ccc(C(=O)NCC#Cc2cn([C@H]3CC[C@@H](COP(=O)(O)OP(=O)(O)OP(=O)(O)O)O3)c(=O)nc2N)cn1. The molecule has 10 N–H and O–H groups in total. The molecule has 0 aliphatic carbocycles. The third-order valence-electron chi connectivity index (χ3n) is 4.95. The molecule has 20 nitrogen and oxygen atoms in total. The first-order valence-corrected chi connectivity index (χ1v) is 15.6. The second kappa shape index (κ2) is 13.3. The number of nitrogen functional groups attached to an aromatic ring is 2. The van der Waals surface area contributed by atoms with Crippen molar-refractivity contribution in [3.63, 3.8) is 0 Å². The Morgan fingerprint density at radius 1 is 1.17 bits per heavy atom. The first-order valence-electron chi connectivity index (χ1n) is 11.1. The molecule has 0 spiro atoms. The summed E-state index contributed by atoms with van der Waals surface area (Å²) in [6.45, 7) is -0.762. The Labute approximate surface area is 230 Å². The second-order valence-corrected chi connectivity index (χ2v) is 12.4. The number of nitrogens with zero attached hydrogens (tertiary/aromatic N) is 3. The minimum atomic E-state index is -5.66. The molecule has 23 heteroatoms. The average Bonchev–Trinajstić information content (AvgIpc) is 3.33. The highest BCUT2D eigenvalue weighted by Gasteiger charge is 2.41. The van der Waals surface area contributed by atoms with Crippen LogP contribution in [0.2, 0.25) is 0 Å². The number of hydrogen-bond donors (Lipinski definition) is 8. The number of phosphoric ester groups is 1. The third-order valence-corrected chi connectivity index (χ3v) is 8.75. The monoisotopic (exact) mass is 639 g/mol. The Bertz CT molecular complexity index is 1540. The van der Waals surface area contributed by atoms with Crippen molar-refractivity contribution < 1.29 is 55.9 Å². The normalized spacial score (nSPS) is 19.8. The predicted molar refractivity (Wildman–Crippen MR) is 137 cm³/mol. The molecule has 224 valence electrons. The summed E-state index contributed by atoms with van der Waals surface area (Å²) in [5.41, 5.74) is 7.73. The number of pyridine rings is 1. The van der Waals surface area contributed by atoms with Crippen molar-refractivity contribution in [1.82, 2.24) is 19.9 Å². The zero-order valence-corrected chi connectivity index (χ0v) is 23.3. The lowest BCUT2D eigenvalue weighted by atomic mass is 10.2. The number of aromatic nitrogens is 3. The van der Waals surface area contributed by atoms with Crippen molar-refractivity contribution in [2.24, 2.45) is 5.84 Å². The van der Waals surface area contributed by atoms with Crippen molar-refractivity contribution in [2.75, 3.05) is 24.3 Å². The van der Waals surface area contributed by atoms with Gasteiger partial charge in [-0.3, -0.25) is 13.9 Å².